The predicted octanol–water partition coefficient (Wildman–Crippen LogP) is 2.46. The Morgan fingerprint density at radius 2 is 1.78 bits per heavy atom. The van der Waals surface area contributed by atoms with E-state index < -0.39 is 23.5 Å². The third-order valence-corrected chi connectivity index (χ3v) is 3.39. The van der Waals surface area contributed by atoms with E-state index in [-0.39, 0.29) is 5.56 Å². The van der Waals surface area contributed by atoms with E-state index in [0.717, 1.165) is 25.2 Å². The molecule has 0 aromatic heterocycles. The van der Waals surface area contributed by atoms with Gasteiger partial charge in [0.25, 0.3) is 0 Å². The molecular formula is C13H17F3N2. The third-order valence-electron chi connectivity index (χ3n) is 3.39. The number of nitrogens with one attached hydrogen (secondary N) is 1. The summed E-state index contributed by atoms with van der Waals surface area (Å²) in [6.45, 7) is 4.86. The Kier molecular flexibility index (Phi) is 4.24. The summed E-state index contributed by atoms with van der Waals surface area (Å²) in [4.78, 5) is 2.00. The van der Waals surface area contributed by atoms with Gasteiger partial charge >= 0.3 is 0 Å². The maximum atomic E-state index is 13.8. The summed E-state index contributed by atoms with van der Waals surface area (Å²) >= 11 is 0. The second-order valence-electron chi connectivity index (χ2n) is 4.47. The number of benzene rings is 1. The number of hydrogen-bond acceptors (Lipinski definition) is 2. The first-order chi connectivity index (χ1) is 8.65. The predicted molar refractivity (Wildman–Crippen MR) is 63.8 cm³/mol. The summed E-state index contributed by atoms with van der Waals surface area (Å²) in [5, 5.41) is 3.18. The van der Waals surface area contributed by atoms with Crippen molar-refractivity contribution in [1.29, 1.82) is 0 Å². The molecule has 1 atom stereocenters. The molecular weight excluding hydrogens is 241 g/mol. The summed E-state index contributed by atoms with van der Waals surface area (Å²) in [6, 6.07) is 1.43. The van der Waals surface area contributed by atoms with Crippen molar-refractivity contribution in [1.82, 2.24) is 10.2 Å². The van der Waals surface area contributed by atoms with Gasteiger partial charge in [0.15, 0.2) is 11.6 Å². The van der Waals surface area contributed by atoms with Crippen molar-refractivity contribution in [3.05, 3.63) is 35.1 Å². The fourth-order valence-corrected chi connectivity index (χ4v) is 2.49. The first-order valence-electron chi connectivity index (χ1n) is 6.23. The highest BCUT2D eigenvalue weighted by atomic mass is 19.2. The molecule has 1 fully saturated rings. The highest BCUT2D eigenvalue weighted by molar-refractivity contribution is 5.24. The van der Waals surface area contributed by atoms with Crippen LogP contribution in [-0.2, 0) is 0 Å². The second-order valence-corrected chi connectivity index (χ2v) is 4.47. The Hall–Kier alpha value is -1.07. The topological polar surface area (TPSA) is 15.3 Å². The summed E-state index contributed by atoms with van der Waals surface area (Å²) in [5.74, 6) is -2.71. The molecule has 0 saturated carbocycles. The molecule has 100 valence electrons. The fraction of sp³-hybridized carbons (Fsp3) is 0.538. The molecule has 2 rings (SSSR count). The Labute approximate surface area is 105 Å². The molecule has 0 unspecified atom stereocenters. The maximum Gasteiger partial charge on any atom is 0.166 e. The van der Waals surface area contributed by atoms with Gasteiger partial charge in [-0.15, -0.1) is 0 Å². The average molecular weight is 258 g/mol. The van der Waals surface area contributed by atoms with Gasteiger partial charge in [-0.1, -0.05) is 6.92 Å². The number of halogens is 3. The van der Waals surface area contributed by atoms with Gasteiger partial charge < -0.3 is 5.32 Å². The van der Waals surface area contributed by atoms with Crippen molar-refractivity contribution in [2.45, 2.75) is 19.4 Å². The number of rotatable bonds is 3. The molecule has 1 aromatic rings. The molecule has 0 bridgehead atoms. The van der Waals surface area contributed by atoms with Crippen molar-refractivity contribution in [2.24, 2.45) is 0 Å². The van der Waals surface area contributed by atoms with Crippen LogP contribution in [-0.4, -0.2) is 31.1 Å². The van der Waals surface area contributed by atoms with E-state index in [0.29, 0.717) is 19.5 Å². The molecule has 1 aliphatic rings. The van der Waals surface area contributed by atoms with Gasteiger partial charge in [0.05, 0.1) is 0 Å². The highest BCUT2D eigenvalue weighted by Gasteiger charge is 2.27. The van der Waals surface area contributed by atoms with E-state index in [1.807, 2.05) is 11.8 Å². The Balaban J connectivity index is 2.34. The highest BCUT2D eigenvalue weighted by Crippen LogP contribution is 2.30. The molecule has 2 nitrogen and oxygen atoms in total. The van der Waals surface area contributed by atoms with Crippen molar-refractivity contribution in [2.75, 3.05) is 26.2 Å². The van der Waals surface area contributed by atoms with Gasteiger partial charge in [-0.25, -0.2) is 13.2 Å². The summed E-state index contributed by atoms with van der Waals surface area (Å²) < 4.78 is 40.8. The molecule has 0 amide bonds. The summed E-state index contributed by atoms with van der Waals surface area (Å²) in [7, 11) is 0. The lowest BCUT2D eigenvalue weighted by Gasteiger charge is -2.35. The first-order valence-corrected chi connectivity index (χ1v) is 6.23. The van der Waals surface area contributed by atoms with Gasteiger partial charge in [0.2, 0.25) is 0 Å². The monoisotopic (exact) mass is 258 g/mol. The van der Waals surface area contributed by atoms with Crippen LogP contribution < -0.4 is 5.32 Å². The van der Waals surface area contributed by atoms with Crippen molar-refractivity contribution in [3.8, 4) is 0 Å². The quantitative estimate of drug-likeness (QED) is 0.838. The minimum absolute atomic E-state index is 0.139. The first kappa shape index (κ1) is 13.4. The van der Waals surface area contributed by atoms with Crippen molar-refractivity contribution < 1.29 is 13.2 Å². The van der Waals surface area contributed by atoms with Crippen LogP contribution in [0.3, 0.4) is 0 Å². The van der Waals surface area contributed by atoms with E-state index in [2.05, 4.69) is 5.32 Å². The second kappa shape index (κ2) is 5.71. The molecule has 5 heteroatoms. The van der Waals surface area contributed by atoms with Crippen LogP contribution in [0, 0.1) is 17.5 Å². The van der Waals surface area contributed by atoms with Crippen molar-refractivity contribution >= 4 is 0 Å². The maximum absolute atomic E-state index is 13.8. The zero-order valence-corrected chi connectivity index (χ0v) is 10.3. The number of nitrogens with zero attached hydrogens (tertiary/aromatic N) is 1. The zero-order chi connectivity index (χ0) is 13.1. The number of piperazine rings is 1. The SMILES string of the molecule is CC[C@H](c1c(F)ccc(F)c1F)N1CCNCC1. The number of hydrogen-bond donors (Lipinski definition) is 1. The van der Waals surface area contributed by atoms with Crippen LogP contribution in [0.2, 0.25) is 0 Å². The minimum Gasteiger partial charge on any atom is -0.314 e. The van der Waals surface area contributed by atoms with E-state index in [4.69, 9.17) is 0 Å². The van der Waals surface area contributed by atoms with E-state index in [1.54, 1.807) is 0 Å². The Morgan fingerprint density at radius 3 is 2.39 bits per heavy atom. The summed E-state index contributed by atoms with van der Waals surface area (Å²) in [5.41, 5.74) is -0.139. The fourth-order valence-electron chi connectivity index (χ4n) is 2.49. The normalized spacial score (nSPS) is 18.9. The van der Waals surface area contributed by atoms with E-state index in [9.17, 15) is 13.2 Å². The molecule has 1 aliphatic heterocycles. The minimum atomic E-state index is -1.06. The Morgan fingerprint density at radius 1 is 1.17 bits per heavy atom. The molecule has 0 spiro atoms. The van der Waals surface area contributed by atoms with Crippen LogP contribution in [0.1, 0.15) is 24.9 Å². The van der Waals surface area contributed by atoms with Crippen LogP contribution >= 0.6 is 0 Å². The van der Waals surface area contributed by atoms with E-state index in [1.165, 1.54) is 0 Å². The summed E-state index contributed by atoms with van der Waals surface area (Å²) in [6.07, 6.45) is 0.553. The standard InChI is InChI=1S/C13H17F3N2/c1-2-11(18-7-5-17-6-8-18)12-9(14)3-4-10(15)13(12)16/h3-4,11,17H,2,5-8H2,1H3/t11-/m1/s1. The largest absolute Gasteiger partial charge is 0.314 e. The molecule has 1 heterocycles. The van der Waals surface area contributed by atoms with Crippen LogP contribution in [0.15, 0.2) is 12.1 Å². The zero-order valence-electron chi connectivity index (χ0n) is 10.3. The van der Waals surface area contributed by atoms with Crippen molar-refractivity contribution in [3.63, 3.8) is 0 Å². The smallest absolute Gasteiger partial charge is 0.166 e. The molecule has 0 radical (unpaired) electrons. The Bertz CT molecular complexity index is 417. The van der Waals surface area contributed by atoms with Gasteiger partial charge in [-0.05, 0) is 18.6 Å². The molecule has 1 aromatic carbocycles. The van der Waals surface area contributed by atoms with Gasteiger partial charge in [-0.3, -0.25) is 4.90 Å². The van der Waals surface area contributed by atoms with Crippen LogP contribution in [0.4, 0.5) is 13.2 Å². The van der Waals surface area contributed by atoms with Crippen LogP contribution in [0.5, 0.6) is 0 Å². The van der Waals surface area contributed by atoms with Gasteiger partial charge in [0.1, 0.15) is 5.82 Å². The molecule has 18 heavy (non-hydrogen) atoms. The molecule has 0 aliphatic carbocycles. The molecule has 1 saturated heterocycles. The van der Waals surface area contributed by atoms with Gasteiger partial charge in [0, 0.05) is 37.8 Å². The lowest BCUT2D eigenvalue weighted by molar-refractivity contribution is 0.162. The van der Waals surface area contributed by atoms with Crippen LogP contribution in [0.25, 0.3) is 0 Å². The third kappa shape index (κ3) is 2.52. The lowest BCUT2D eigenvalue weighted by Crippen LogP contribution is -2.45. The lowest BCUT2D eigenvalue weighted by atomic mass is 10.0. The average Bonchev–Trinajstić information content (AvgIpc) is 2.40. The molecule has 1 N–H and O–H groups in total. The van der Waals surface area contributed by atoms with Gasteiger partial charge in [-0.2, -0.15) is 0 Å². The van der Waals surface area contributed by atoms with E-state index >= 15 is 0 Å².